The first kappa shape index (κ1) is 14.1. The van der Waals surface area contributed by atoms with Crippen molar-refractivity contribution in [1.29, 1.82) is 0 Å². The fraction of sp³-hybridized carbons (Fsp3) is 0.250. The highest BCUT2D eigenvalue weighted by atomic mass is 19.4. The Labute approximate surface area is 94.2 Å². The van der Waals surface area contributed by atoms with Crippen molar-refractivity contribution in [3.63, 3.8) is 0 Å². The number of hydrogen-bond donors (Lipinski definition) is 1. The van der Waals surface area contributed by atoms with E-state index in [0.29, 0.717) is 0 Å². The molecule has 1 rings (SSSR count). The van der Waals surface area contributed by atoms with Crippen molar-refractivity contribution < 1.29 is 35.9 Å². The summed E-state index contributed by atoms with van der Waals surface area (Å²) in [6, 6.07) is -0.0384. The quantitative estimate of drug-likeness (QED) is 0.664. The van der Waals surface area contributed by atoms with Gasteiger partial charge in [0.25, 0.3) is 5.56 Å². The molecule has 0 amide bonds. The highest BCUT2D eigenvalue weighted by molar-refractivity contribution is 5.76. The number of pyridine rings is 1. The van der Waals surface area contributed by atoms with Crippen LogP contribution in [-0.4, -0.2) is 17.6 Å². The van der Waals surface area contributed by atoms with E-state index in [0.717, 1.165) is 0 Å². The van der Waals surface area contributed by atoms with Gasteiger partial charge in [-0.25, -0.2) is 0 Å². The molecular formula is C8H3F6NO3. The summed E-state index contributed by atoms with van der Waals surface area (Å²) in [5, 5.41) is 0. The van der Waals surface area contributed by atoms with Gasteiger partial charge in [0, 0.05) is 6.07 Å². The first-order valence-corrected chi connectivity index (χ1v) is 4.10. The number of ether oxygens (including phenoxy) is 1. The van der Waals surface area contributed by atoms with E-state index in [1.54, 1.807) is 0 Å². The van der Waals surface area contributed by atoms with Gasteiger partial charge >= 0.3 is 12.5 Å². The van der Waals surface area contributed by atoms with Gasteiger partial charge in [-0.1, -0.05) is 0 Å². The predicted octanol–water partition coefficient (Wildman–Crippen LogP) is 2.10. The second kappa shape index (κ2) is 4.35. The van der Waals surface area contributed by atoms with Crippen molar-refractivity contribution in [3.8, 4) is 5.75 Å². The Hall–Kier alpha value is -2.00. The number of halogens is 6. The highest BCUT2D eigenvalue weighted by Gasteiger charge is 2.42. The van der Waals surface area contributed by atoms with Crippen LogP contribution in [-0.2, 0) is 6.18 Å². The number of rotatable bonds is 2. The van der Waals surface area contributed by atoms with Crippen LogP contribution in [0.2, 0.25) is 0 Å². The van der Waals surface area contributed by atoms with E-state index < -0.39 is 41.4 Å². The molecule has 0 saturated carbocycles. The zero-order valence-electron chi connectivity index (χ0n) is 8.15. The molecule has 1 aromatic heterocycles. The van der Waals surface area contributed by atoms with Gasteiger partial charge in [-0.05, 0) is 0 Å². The number of aromatic nitrogens is 1. The Morgan fingerprint density at radius 1 is 1.17 bits per heavy atom. The van der Waals surface area contributed by atoms with Gasteiger partial charge in [-0.15, -0.1) is 13.2 Å². The minimum absolute atomic E-state index is 0.0384. The monoisotopic (exact) mass is 275 g/mol. The van der Waals surface area contributed by atoms with Gasteiger partial charge in [0.15, 0.2) is 6.29 Å². The largest absolute Gasteiger partial charge is 0.573 e. The maximum absolute atomic E-state index is 12.5. The molecular weight excluding hydrogens is 272 g/mol. The molecule has 0 radical (unpaired) electrons. The smallest absolute Gasteiger partial charge is 0.405 e. The molecule has 0 aliphatic rings. The first-order valence-electron chi connectivity index (χ1n) is 4.10. The summed E-state index contributed by atoms with van der Waals surface area (Å²) >= 11 is 0. The van der Waals surface area contributed by atoms with Crippen LogP contribution in [0.1, 0.15) is 16.1 Å². The van der Waals surface area contributed by atoms with E-state index in [1.807, 2.05) is 0 Å². The highest BCUT2D eigenvalue weighted by Crippen LogP contribution is 2.38. The third kappa shape index (κ3) is 3.25. The van der Waals surface area contributed by atoms with Crippen molar-refractivity contribution in [2.24, 2.45) is 0 Å². The number of H-pyrrole nitrogens is 1. The summed E-state index contributed by atoms with van der Waals surface area (Å²) in [4.78, 5) is 22.6. The molecule has 18 heavy (non-hydrogen) atoms. The topological polar surface area (TPSA) is 59.2 Å². The summed E-state index contributed by atoms with van der Waals surface area (Å²) in [5.74, 6) is -1.78. The molecule has 0 aliphatic heterocycles. The van der Waals surface area contributed by atoms with Crippen LogP contribution in [0.25, 0.3) is 0 Å². The van der Waals surface area contributed by atoms with Crippen molar-refractivity contribution in [1.82, 2.24) is 4.98 Å². The molecule has 0 saturated heterocycles. The van der Waals surface area contributed by atoms with Gasteiger partial charge < -0.3 is 9.72 Å². The molecule has 0 bridgehead atoms. The molecule has 0 atom stereocenters. The second-order valence-electron chi connectivity index (χ2n) is 2.95. The lowest BCUT2D eigenvalue weighted by Crippen LogP contribution is -2.24. The van der Waals surface area contributed by atoms with Crippen molar-refractivity contribution in [2.75, 3.05) is 0 Å². The van der Waals surface area contributed by atoms with Crippen molar-refractivity contribution >= 4 is 6.29 Å². The Morgan fingerprint density at radius 3 is 2.11 bits per heavy atom. The number of carbonyl (C=O) groups is 1. The van der Waals surface area contributed by atoms with Crippen LogP contribution < -0.4 is 10.3 Å². The third-order valence-electron chi connectivity index (χ3n) is 1.66. The van der Waals surface area contributed by atoms with Crippen molar-refractivity contribution in [3.05, 3.63) is 27.7 Å². The molecule has 0 spiro atoms. The molecule has 0 aliphatic carbocycles. The summed E-state index contributed by atoms with van der Waals surface area (Å²) in [6.07, 6.45) is -11.1. The number of aromatic amines is 1. The zero-order valence-corrected chi connectivity index (χ0v) is 8.15. The van der Waals surface area contributed by atoms with Crippen LogP contribution in [0, 0.1) is 0 Å². The van der Waals surface area contributed by atoms with E-state index in [2.05, 4.69) is 4.74 Å². The second-order valence-corrected chi connectivity index (χ2v) is 2.95. The van der Waals surface area contributed by atoms with E-state index in [1.165, 1.54) is 4.98 Å². The number of nitrogens with one attached hydrogen (secondary N) is 1. The lowest BCUT2D eigenvalue weighted by Gasteiger charge is -2.15. The zero-order chi connectivity index (χ0) is 14.1. The van der Waals surface area contributed by atoms with E-state index in [4.69, 9.17) is 0 Å². The number of hydrogen-bond acceptors (Lipinski definition) is 3. The van der Waals surface area contributed by atoms with Gasteiger partial charge in [0.05, 0.1) is 5.69 Å². The van der Waals surface area contributed by atoms with Crippen LogP contribution in [0.5, 0.6) is 5.75 Å². The van der Waals surface area contributed by atoms with Crippen LogP contribution in [0.4, 0.5) is 26.3 Å². The Morgan fingerprint density at radius 2 is 1.72 bits per heavy atom. The lowest BCUT2D eigenvalue weighted by molar-refractivity contribution is -0.276. The summed E-state index contributed by atoms with van der Waals surface area (Å²) in [6.45, 7) is 0. The maximum Gasteiger partial charge on any atom is 0.573 e. The number of carbonyl (C=O) groups excluding carboxylic acids is 1. The van der Waals surface area contributed by atoms with Crippen LogP contribution in [0.3, 0.4) is 0 Å². The van der Waals surface area contributed by atoms with E-state index >= 15 is 0 Å². The van der Waals surface area contributed by atoms with Crippen molar-refractivity contribution in [2.45, 2.75) is 12.5 Å². The minimum atomic E-state index is -5.42. The lowest BCUT2D eigenvalue weighted by atomic mass is 10.1. The molecule has 4 nitrogen and oxygen atoms in total. The number of alkyl halides is 6. The third-order valence-corrected chi connectivity index (χ3v) is 1.66. The maximum atomic E-state index is 12.5. The molecule has 10 heteroatoms. The Bertz CT molecular complexity index is 515. The minimum Gasteiger partial charge on any atom is -0.405 e. The van der Waals surface area contributed by atoms with Crippen LogP contribution >= 0.6 is 0 Å². The molecule has 1 aromatic rings. The molecule has 0 unspecified atom stereocenters. The average Bonchev–Trinajstić information content (AvgIpc) is 2.11. The molecule has 1 N–H and O–H groups in total. The SMILES string of the molecule is O=Cc1[nH]c(=O)cc(OC(F)(F)F)c1C(F)(F)F. The molecule has 100 valence electrons. The van der Waals surface area contributed by atoms with Crippen LogP contribution in [0.15, 0.2) is 10.9 Å². The fourth-order valence-electron chi connectivity index (χ4n) is 1.14. The Kier molecular flexibility index (Phi) is 3.40. The summed E-state index contributed by atoms with van der Waals surface area (Å²) in [5.41, 5.74) is -4.66. The van der Waals surface area contributed by atoms with Gasteiger partial charge in [0.2, 0.25) is 0 Å². The summed E-state index contributed by atoms with van der Waals surface area (Å²) < 4.78 is 76.2. The number of aldehydes is 1. The normalized spacial score (nSPS) is 12.3. The van der Waals surface area contributed by atoms with Gasteiger partial charge in [0.1, 0.15) is 11.3 Å². The standard InChI is InChI=1S/C8H3F6NO3/c9-7(10,11)6-3(2-16)15-5(17)1-4(6)18-8(12,13)14/h1-2H,(H,15,17). The van der Waals surface area contributed by atoms with Gasteiger partial charge in [-0.3, -0.25) is 9.59 Å². The summed E-state index contributed by atoms with van der Waals surface area (Å²) in [7, 11) is 0. The molecule has 0 aromatic carbocycles. The first-order chi connectivity index (χ1) is 8.04. The van der Waals surface area contributed by atoms with Gasteiger partial charge in [-0.2, -0.15) is 13.2 Å². The average molecular weight is 275 g/mol. The van der Waals surface area contributed by atoms with E-state index in [9.17, 15) is 35.9 Å². The van der Waals surface area contributed by atoms with E-state index in [-0.39, 0.29) is 6.07 Å². The molecule has 0 fully saturated rings. The fourth-order valence-corrected chi connectivity index (χ4v) is 1.14. The molecule has 1 heterocycles. The predicted molar refractivity (Wildman–Crippen MR) is 44.1 cm³/mol. The Balaban J connectivity index is 3.53.